The summed E-state index contributed by atoms with van der Waals surface area (Å²) in [5.41, 5.74) is 5.81. The monoisotopic (exact) mass is 263 g/mol. The molecule has 0 aliphatic carbocycles. The van der Waals surface area contributed by atoms with Crippen LogP contribution in [0.1, 0.15) is 19.8 Å². The summed E-state index contributed by atoms with van der Waals surface area (Å²) < 4.78 is 24.7. The van der Waals surface area contributed by atoms with E-state index in [4.69, 9.17) is 5.73 Å². The summed E-state index contributed by atoms with van der Waals surface area (Å²) in [5, 5.41) is 0. The lowest BCUT2D eigenvalue weighted by molar-refractivity contribution is -0.130. The Morgan fingerprint density at radius 1 is 1.59 bits per heavy atom. The molecule has 1 amide bonds. The molecule has 1 aliphatic heterocycles. The topological polar surface area (TPSA) is 92.5 Å². The van der Waals surface area contributed by atoms with Gasteiger partial charge in [0.2, 0.25) is 15.9 Å². The van der Waals surface area contributed by atoms with Crippen LogP contribution in [0, 0.1) is 5.92 Å². The number of hydrogen-bond acceptors (Lipinski definition) is 4. The fourth-order valence-electron chi connectivity index (χ4n) is 1.99. The standard InChI is InChI=1S/C10H21N3O3S/c1-8(11)9-4-3-5-13(6-9)10(14)7-17(15,16)12-2/h8-9,12H,3-7,11H2,1-2H3/t8-,9-/m1/s1. The van der Waals surface area contributed by atoms with E-state index in [0.29, 0.717) is 13.1 Å². The zero-order valence-electron chi connectivity index (χ0n) is 10.3. The van der Waals surface area contributed by atoms with Crippen molar-refractivity contribution in [3.05, 3.63) is 0 Å². The van der Waals surface area contributed by atoms with E-state index >= 15 is 0 Å². The van der Waals surface area contributed by atoms with Crippen molar-refractivity contribution in [1.29, 1.82) is 0 Å². The molecule has 1 fully saturated rings. The van der Waals surface area contributed by atoms with Gasteiger partial charge in [0.1, 0.15) is 5.75 Å². The second-order valence-electron chi connectivity index (χ2n) is 4.56. The van der Waals surface area contributed by atoms with Crippen molar-refractivity contribution in [3.63, 3.8) is 0 Å². The molecule has 100 valence electrons. The minimum Gasteiger partial charge on any atom is -0.341 e. The molecule has 17 heavy (non-hydrogen) atoms. The first-order valence-corrected chi connectivity index (χ1v) is 7.45. The Hall–Kier alpha value is -0.660. The largest absolute Gasteiger partial charge is 0.341 e. The van der Waals surface area contributed by atoms with Crippen LogP contribution >= 0.6 is 0 Å². The maximum Gasteiger partial charge on any atom is 0.239 e. The maximum atomic E-state index is 11.8. The maximum absolute atomic E-state index is 11.8. The lowest BCUT2D eigenvalue weighted by atomic mass is 9.92. The van der Waals surface area contributed by atoms with Crippen LogP contribution in [-0.2, 0) is 14.8 Å². The summed E-state index contributed by atoms with van der Waals surface area (Å²) in [4.78, 5) is 13.4. The van der Waals surface area contributed by atoms with E-state index in [1.807, 2.05) is 6.92 Å². The van der Waals surface area contributed by atoms with Crippen molar-refractivity contribution in [3.8, 4) is 0 Å². The molecule has 0 aromatic carbocycles. The van der Waals surface area contributed by atoms with Gasteiger partial charge in [0.25, 0.3) is 0 Å². The van der Waals surface area contributed by atoms with Crippen molar-refractivity contribution in [2.45, 2.75) is 25.8 Å². The number of likely N-dealkylation sites (tertiary alicyclic amines) is 1. The Balaban J connectivity index is 2.58. The predicted molar refractivity (Wildman–Crippen MR) is 65.8 cm³/mol. The number of rotatable bonds is 4. The summed E-state index contributed by atoms with van der Waals surface area (Å²) in [6.45, 7) is 3.11. The average Bonchev–Trinajstić information content (AvgIpc) is 2.28. The molecule has 1 heterocycles. The Labute approximate surface area is 103 Å². The van der Waals surface area contributed by atoms with E-state index in [1.165, 1.54) is 7.05 Å². The van der Waals surface area contributed by atoms with Crippen LogP contribution in [0.15, 0.2) is 0 Å². The highest BCUT2D eigenvalue weighted by molar-refractivity contribution is 7.90. The van der Waals surface area contributed by atoms with Crippen LogP contribution < -0.4 is 10.5 Å². The lowest BCUT2D eigenvalue weighted by Crippen LogP contribution is -2.47. The molecule has 0 radical (unpaired) electrons. The minimum atomic E-state index is -3.48. The van der Waals surface area contributed by atoms with E-state index in [9.17, 15) is 13.2 Å². The van der Waals surface area contributed by atoms with Crippen molar-refractivity contribution in [2.75, 3.05) is 25.9 Å². The van der Waals surface area contributed by atoms with Gasteiger partial charge in [-0.3, -0.25) is 4.79 Å². The van der Waals surface area contributed by atoms with Crippen molar-refractivity contribution >= 4 is 15.9 Å². The van der Waals surface area contributed by atoms with Crippen LogP contribution in [0.3, 0.4) is 0 Å². The normalized spacial score (nSPS) is 23.5. The van der Waals surface area contributed by atoms with Crippen LogP contribution in [0.2, 0.25) is 0 Å². The first kappa shape index (κ1) is 14.4. The summed E-state index contributed by atoms with van der Waals surface area (Å²) in [7, 11) is -2.17. The third kappa shape index (κ3) is 4.25. The third-order valence-electron chi connectivity index (χ3n) is 3.18. The van der Waals surface area contributed by atoms with Gasteiger partial charge in [0, 0.05) is 19.1 Å². The summed E-state index contributed by atoms with van der Waals surface area (Å²) >= 11 is 0. The van der Waals surface area contributed by atoms with Crippen molar-refractivity contribution in [2.24, 2.45) is 11.7 Å². The Kier molecular flexibility index (Phi) is 4.91. The number of nitrogens with one attached hydrogen (secondary N) is 1. The van der Waals surface area contributed by atoms with E-state index in [0.717, 1.165) is 12.8 Å². The number of nitrogens with two attached hydrogens (primary N) is 1. The number of sulfonamides is 1. The molecule has 2 atom stereocenters. The number of carbonyl (C=O) groups is 1. The van der Waals surface area contributed by atoms with Crippen LogP contribution in [0.25, 0.3) is 0 Å². The van der Waals surface area contributed by atoms with E-state index in [-0.39, 0.29) is 17.9 Å². The first-order valence-electron chi connectivity index (χ1n) is 5.80. The Bertz CT molecular complexity index is 367. The molecule has 3 N–H and O–H groups in total. The zero-order valence-corrected chi connectivity index (χ0v) is 11.2. The molecule has 0 saturated carbocycles. The fraction of sp³-hybridized carbons (Fsp3) is 0.900. The van der Waals surface area contributed by atoms with Gasteiger partial charge in [-0.2, -0.15) is 0 Å². The van der Waals surface area contributed by atoms with Gasteiger partial charge in [0.05, 0.1) is 0 Å². The highest BCUT2D eigenvalue weighted by Gasteiger charge is 2.27. The van der Waals surface area contributed by atoms with Crippen LogP contribution in [-0.4, -0.2) is 51.2 Å². The number of carbonyl (C=O) groups excluding carboxylic acids is 1. The number of piperidine rings is 1. The fourth-order valence-corrected chi connectivity index (χ4v) is 2.64. The molecule has 1 rings (SSSR count). The lowest BCUT2D eigenvalue weighted by Gasteiger charge is -2.34. The third-order valence-corrected chi connectivity index (χ3v) is 4.43. The Morgan fingerprint density at radius 2 is 2.24 bits per heavy atom. The average molecular weight is 263 g/mol. The molecule has 0 spiro atoms. The second kappa shape index (κ2) is 5.79. The minimum absolute atomic E-state index is 0.0338. The Morgan fingerprint density at radius 3 is 2.76 bits per heavy atom. The van der Waals surface area contributed by atoms with E-state index in [1.54, 1.807) is 4.90 Å². The molecule has 0 bridgehead atoms. The number of hydrogen-bond donors (Lipinski definition) is 2. The molecule has 1 aliphatic rings. The quantitative estimate of drug-likeness (QED) is 0.689. The SMILES string of the molecule is CNS(=O)(=O)CC(=O)N1CCC[C@@H]([C@@H](C)N)C1. The van der Waals surface area contributed by atoms with Crippen LogP contribution in [0.5, 0.6) is 0 Å². The first-order chi connectivity index (χ1) is 7.85. The van der Waals surface area contributed by atoms with Gasteiger partial charge < -0.3 is 10.6 Å². The summed E-state index contributed by atoms with van der Waals surface area (Å²) in [5.74, 6) is -0.551. The number of amides is 1. The molecular formula is C10H21N3O3S. The highest BCUT2D eigenvalue weighted by Crippen LogP contribution is 2.18. The van der Waals surface area contributed by atoms with Crippen molar-refractivity contribution in [1.82, 2.24) is 9.62 Å². The highest BCUT2D eigenvalue weighted by atomic mass is 32.2. The summed E-state index contributed by atoms with van der Waals surface area (Å²) in [6, 6.07) is 0.0338. The van der Waals surface area contributed by atoms with E-state index in [2.05, 4.69) is 4.72 Å². The smallest absolute Gasteiger partial charge is 0.239 e. The molecule has 1 saturated heterocycles. The predicted octanol–water partition coefficient (Wildman–Crippen LogP) is -0.879. The van der Waals surface area contributed by atoms with Crippen molar-refractivity contribution < 1.29 is 13.2 Å². The molecule has 6 nitrogen and oxygen atoms in total. The van der Waals surface area contributed by atoms with Gasteiger partial charge in [-0.05, 0) is 32.7 Å². The molecule has 0 aromatic heterocycles. The molecule has 0 aromatic rings. The molecular weight excluding hydrogens is 242 g/mol. The molecule has 0 unspecified atom stereocenters. The summed E-state index contributed by atoms with van der Waals surface area (Å²) in [6.07, 6.45) is 1.89. The van der Waals surface area contributed by atoms with Gasteiger partial charge in [-0.1, -0.05) is 0 Å². The van der Waals surface area contributed by atoms with Crippen LogP contribution in [0.4, 0.5) is 0 Å². The second-order valence-corrected chi connectivity index (χ2v) is 6.49. The number of nitrogens with zero attached hydrogens (tertiary/aromatic N) is 1. The molecule has 7 heteroatoms. The van der Waals surface area contributed by atoms with Gasteiger partial charge in [-0.15, -0.1) is 0 Å². The van der Waals surface area contributed by atoms with Gasteiger partial charge in [-0.25, -0.2) is 13.1 Å². The zero-order chi connectivity index (χ0) is 13.1. The van der Waals surface area contributed by atoms with Gasteiger partial charge in [0.15, 0.2) is 0 Å². The van der Waals surface area contributed by atoms with Gasteiger partial charge >= 0.3 is 0 Å². The van der Waals surface area contributed by atoms with E-state index < -0.39 is 15.8 Å².